The van der Waals surface area contributed by atoms with E-state index in [2.05, 4.69) is 6.92 Å². The van der Waals surface area contributed by atoms with E-state index < -0.39 is 6.04 Å². The molecule has 1 aromatic carbocycles. The minimum atomic E-state index is -0.671. The first kappa shape index (κ1) is 16.7. The SMILES string of the molecule is CCCCCCCCOC(=O)[C@H](N)c1ccc(C)cc1. The summed E-state index contributed by atoms with van der Waals surface area (Å²) in [6.45, 7) is 4.69. The van der Waals surface area contributed by atoms with Crippen molar-refractivity contribution >= 4 is 5.97 Å². The zero-order valence-corrected chi connectivity index (χ0v) is 12.7. The van der Waals surface area contributed by atoms with Gasteiger partial charge in [0, 0.05) is 0 Å². The molecule has 0 aromatic heterocycles. The van der Waals surface area contributed by atoms with E-state index >= 15 is 0 Å². The maximum absolute atomic E-state index is 11.8. The number of aryl methyl sites for hydroxylation is 1. The monoisotopic (exact) mass is 277 g/mol. The third-order valence-electron chi connectivity index (χ3n) is 3.43. The van der Waals surface area contributed by atoms with E-state index in [4.69, 9.17) is 10.5 Å². The summed E-state index contributed by atoms with van der Waals surface area (Å²) in [5.41, 5.74) is 7.86. The molecule has 0 amide bonds. The minimum Gasteiger partial charge on any atom is -0.464 e. The standard InChI is InChI=1S/C17H27NO2/c1-3-4-5-6-7-8-13-20-17(19)16(18)15-11-9-14(2)10-12-15/h9-12,16H,3-8,13,18H2,1-2H3/t16-/m1/s1. The normalized spacial score (nSPS) is 12.2. The van der Waals surface area contributed by atoms with Gasteiger partial charge in [-0.25, -0.2) is 4.79 Å². The number of esters is 1. The number of hydrogen-bond donors (Lipinski definition) is 1. The van der Waals surface area contributed by atoms with Gasteiger partial charge in [0.05, 0.1) is 6.61 Å². The van der Waals surface area contributed by atoms with Crippen LogP contribution in [0.2, 0.25) is 0 Å². The van der Waals surface area contributed by atoms with Gasteiger partial charge >= 0.3 is 5.97 Å². The Balaban J connectivity index is 2.20. The van der Waals surface area contributed by atoms with Crippen LogP contribution in [0.1, 0.15) is 62.6 Å². The van der Waals surface area contributed by atoms with Crippen LogP contribution >= 0.6 is 0 Å². The Kier molecular flexibility index (Phi) is 7.97. The van der Waals surface area contributed by atoms with E-state index in [1.165, 1.54) is 25.7 Å². The van der Waals surface area contributed by atoms with Gasteiger partial charge in [0.2, 0.25) is 0 Å². The third kappa shape index (κ3) is 6.20. The van der Waals surface area contributed by atoms with E-state index in [1.807, 2.05) is 31.2 Å². The van der Waals surface area contributed by atoms with Crippen molar-refractivity contribution < 1.29 is 9.53 Å². The highest BCUT2D eigenvalue weighted by Gasteiger charge is 2.16. The van der Waals surface area contributed by atoms with Gasteiger partial charge < -0.3 is 10.5 Å². The summed E-state index contributed by atoms with van der Waals surface area (Å²) in [7, 11) is 0. The van der Waals surface area contributed by atoms with Crippen LogP contribution in [0.15, 0.2) is 24.3 Å². The predicted octanol–water partition coefficient (Wildman–Crippen LogP) is 3.90. The van der Waals surface area contributed by atoms with Crippen molar-refractivity contribution in [2.24, 2.45) is 5.73 Å². The van der Waals surface area contributed by atoms with Crippen molar-refractivity contribution in [1.82, 2.24) is 0 Å². The van der Waals surface area contributed by atoms with E-state index in [1.54, 1.807) is 0 Å². The Morgan fingerprint density at radius 3 is 2.35 bits per heavy atom. The van der Waals surface area contributed by atoms with Crippen molar-refractivity contribution in [3.63, 3.8) is 0 Å². The topological polar surface area (TPSA) is 52.3 Å². The van der Waals surface area contributed by atoms with Crippen molar-refractivity contribution in [1.29, 1.82) is 0 Å². The lowest BCUT2D eigenvalue weighted by atomic mass is 10.1. The first-order valence-electron chi connectivity index (χ1n) is 7.64. The lowest BCUT2D eigenvalue weighted by molar-refractivity contribution is -0.145. The van der Waals surface area contributed by atoms with Crippen LogP contribution in [-0.2, 0) is 9.53 Å². The number of benzene rings is 1. The summed E-state index contributed by atoms with van der Waals surface area (Å²) in [5, 5.41) is 0. The molecule has 0 aliphatic heterocycles. The Bertz CT molecular complexity index is 386. The van der Waals surface area contributed by atoms with Gasteiger partial charge in [-0.05, 0) is 18.9 Å². The Hall–Kier alpha value is -1.35. The fourth-order valence-corrected chi connectivity index (χ4v) is 2.05. The molecule has 0 unspecified atom stereocenters. The van der Waals surface area contributed by atoms with Crippen LogP contribution in [0.4, 0.5) is 0 Å². The first-order valence-corrected chi connectivity index (χ1v) is 7.64. The minimum absolute atomic E-state index is 0.331. The van der Waals surface area contributed by atoms with Crippen molar-refractivity contribution in [2.45, 2.75) is 58.4 Å². The molecular weight excluding hydrogens is 250 g/mol. The van der Waals surface area contributed by atoms with Crippen molar-refractivity contribution in [3.05, 3.63) is 35.4 Å². The summed E-state index contributed by atoms with van der Waals surface area (Å²) in [6, 6.07) is 7.00. The van der Waals surface area contributed by atoms with Crippen LogP contribution in [0.25, 0.3) is 0 Å². The number of carbonyl (C=O) groups is 1. The molecule has 1 rings (SSSR count). The van der Waals surface area contributed by atoms with Crippen LogP contribution in [-0.4, -0.2) is 12.6 Å². The van der Waals surface area contributed by atoms with Gasteiger partial charge in [-0.3, -0.25) is 0 Å². The first-order chi connectivity index (χ1) is 9.65. The van der Waals surface area contributed by atoms with Gasteiger partial charge in [0.25, 0.3) is 0 Å². The predicted molar refractivity (Wildman–Crippen MR) is 82.4 cm³/mol. The molecule has 20 heavy (non-hydrogen) atoms. The highest BCUT2D eigenvalue weighted by molar-refractivity contribution is 5.77. The van der Waals surface area contributed by atoms with Crippen LogP contribution in [0.5, 0.6) is 0 Å². The fraction of sp³-hybridized carbons (Fsp3) is 0.588. The molecule has 0 bridgehead atoms. The molecule has 2 N–H and O–H groups in total. The van der Waals surface area contributed by atoms with Gasteiger partial charge in [-0.15, -0.1) is 0 Å². The molecule has 0 aliphatic carbocycles. The molecule has 0 heterocycles. The number of carbonyl (C=O) groups excluding carboxylic acids is 1. The van der Waals surface area contributed by atoms with E-state index in [0.717, 1.165) is 24.0 Å². The molecule has 0 fully saturated rings. The zero-order valence-electron chi connectivity index (χ0n) is 12.7. The Morgan fingerprint density at radius 1 is 1.10 bits per heavy atom. The van der Waals surface area contributed by atoms with Gasteiger partial charge in [-0.2, -0.15) is 0 Å². The smallest absolute Gasteiger partial charge is 0.327 e. The molecule has 0 aliphatic rings. The molecule has 1 atom stereocenters. The lowest BCUT2D eigenvalue weighted by Crippen LogP contribution is -2.24. The molecule has 0 saturated heterocycles. The lowest BCUT2D eigenvalue weighted by Gasteiger charge is -2.12. The van der Waals surface area contributed by atoms with Gasteiger partial charge in [0.1, 0.15) is 6.04 Å². The number of hydrogen-bond acceptors (Lipinski definition) is 3. The highest BCUT2D eigenvalue weighted by atomic mass is 16.5. The molecule has 1 aromatic rings. The summed E-state index contributed by atoms with van der Waals surface area (Å²) >= 11 is 0. The maximum Gasteiger partial charge on any atom is 0.327 e. The number of rotatable bonds is 9. The molecule has 3 heteroatoms. The second-order valence-electron chi connectivity index (χ2n) is 5.32. The molecule has 3 nitrogen and oxygen atoms in total. The highest BCUT2D eigenvalue weighted by Crippen LogP contribution is 2.13. The molecule has 112 valence electrons. The van der Waals surface area contributed by atoms with Gasteiger partial charge in [-0.1, -0.05) is 68.9 Å². The summed E-state index contributed by atoms with van der Waals surface area (Å²) < 4.78 is 5.23. The average Bonchev–Trinajstić information content (AvgIpc) is 2.46. The second-order valence-corrected chi connectivity index (χ2v) is 5.32. The molecule has 0 spiro atoms. The van der Waals surface area contributed by atoms with E-state index in [-0.39, 0.29) is 5.97 Å². The number of unbranched alkanes of at least 4 members (excludes halogenated alkanes) is 5. The van der Waals surface area contributed by atoms with Crippen LogP contribution < -0.4 is 5.73 Å². The van der Waals surface area contributed by atoms with Crippen molar-refractivity contribution in [3.8, 4) is 0 Å². The van der Waals surface area contributed by atoms with Crippen LogP contribution in [0, 0.1) is 6.92 Å². The Morgan fingerprint density at radius 2 is 1.70 bits per heavy atom. The van der Waals surface area contributed by atoms with E-state index in [9.17, 15) is 4.79 Å². The summed E-state index contributed by atoms with van der Waals surface area (Å²) in [5.74, 6) is -0.331. The Labute approximate surface area is 122 Å². The second kappa shape index (κ2) is 9.54. The number of ether oxygens (including phenoxy) is 1. The average molecular weight is 277 g/mol. The molecule has 0 saturated carbocycles. The quantitative estimate of drug-likeness (QED) is 0.550. The van der Waals surface area contributed by atoms with E-state index in [0.29, 0.717) is 6.61 Å². The third-order valence-corrected chi connectivity index (χ3v) is 3.43. The fourth-order valence-electron chi connectivity index (χ4n) is 2.05. The molecular formula is C17H27NO2. The van der Waals surface area contributed by atoms with Gasteiger partial charge in [0.15, 0.2) is 0 Å². The summed E-state index contributed by atoms with van der Waals surface area (Å²) in [6.07, 6.45) is 7.07. The van der Waals surface area contributed by atoms with Crippen LogP contribution in [0.3, 0.4) is 0 Å². The largest absolute Gasteiger partial charge is 0.464 e. The zero-order chi connectivity index (χ0) is 14.8. The maximum atomic E-state index is 11.8. The number of nitrogens with two attached hydrogens (primary N) is 1. The van der Waals surface area contributed by atoms with Crippen molar-refractivity contribution in [2.75, 3.05) is 6.61 Å². The summed E-state index contributed by atoms with van der Waals surface area (Å²) in [4.78, 5) is 11.8. The molecule has 0 radical (unpaired) electrons.